The van der Waals surface area contributed by atoms with Crippen LogP contribution in [0.2, 0.25) is 0 Å². The number of benzene rings is 1. The van der Waals surface area contributed by atoms with Gasteiger partial charge in [0.25, 0.3) is 0 Å². The van der Waals surface area contributed by atoms with Crippen LogP contribution in [0.3, 0.4) is 0 Å². The normalized spacial score (nSPS) is 27.4. The Bertz CT molecular complexity index is 904. The Morgan fingerprint density at radius 1 is 1.16 bits per heavy atom. The molecule has 0 aromatic heterocycles. The molecule has 32 heavy (non-hydrogen) atoms. The number of carbonyl (C=O) groups excluding carboxylic acids is 1. The molecule has 3 heterocycles. The molecule has 3 N–H and O–H groups in total. The van der Waals surface area contributed by atoms with E-state index in [2.05, 4.69) is 75.6 Å². The number of hydrogen-bond acceptors (Lipinski definition) is 6. The zero-order valence-corrected chi connectivity index (χ0v) is 19.3. The van der Waals surface area contributed by atoms with E-state index >= 15 is 0 Å². The number of hydrogen-bond donors (Lipinski definition) is 3. The van der Waals surface area contributed by atoms with Gasteiger partial charge in [0.05, 0.1) is 12.1 Å². The van der Waals surface area contributed by atoms with Gasteiger partial charge in [-0.15, -0.1) is 0 Å². The standard InChI is InChI=1S/C25H36N6O/c1-17-9-10-18(2)20(15-17)21-16-22-25-28-27-23(30(25)13-14-31(22)29-21)11-12-24(32)26-19-7-5-3-4-6-8-19/h9-10,13-15,19,21-22,25,28-29H,3-8,11-12,16H2,1-2H3,(H,26,32). The lowest BCUT2D eigenvalue weighted by atomic mass is 9.95. The van der Waals surface area contributed by atoms with Gasteiger partial charge in [-0.05, 0) is 44.2 Å². The maximum atomic E-state index is 12.5. The summed E-state index contributed by atoms with van der Waals surface area (Å²) in [5, 5.41) is 10.1. The van der Waals surface area contributed by atoms with Gasteiger partial charge in [-0.2, -0.15) is 5.10 Å². The maximum absolute atomic E-state index is 12.5. The number of fused-ring (bicyclic) bond motifs is 3. The molecular weight excluding hydrogens is 400 g/mol. The second-order valence-electron chi connectivity index (χ2n) is 9.82. The number of hydrazone groups is 1. The summed E-state index contributed by atoms with van der Waals surface area (Å²) in [6, 6.07) is 7.61. The van der Waals surface area contributed by atoms with Crippen LogP contribution in [0.5, 0.6) is 0 Å². The van der Waals surface area contributed by atoms with E-state index in [1.807, 2.05) is 0 Å². The van der Waals surface area contributed by atoms with Crippen molar-refractivity contribution in [1.82, 2.24) is 26.1 Å². The molecule has 172 valence electrons. The van der Waals surface area contributed by atoms with Gasteiger partial charge in [-0.3, -0.25) is 10.2 Å². The van der Waals surface area contributed by atoms with Gasteiger partial charge < -0.3 is 15.2 Å². The molecular formula is C25H36N6O. The van der Waals surface area contributed by atoms with E-state index in [1.54, 1.807) is 0 Å². The van der Waals surface area contributed by atoms with Crippen LogP contribution in [0, 0.1) is 13.8 Å². The molecule has 1 aromatic carbocycles. The molecule has 1 saturated carbocycles. The molecule has 3 atom stereocenters. The quantitative estimate of drug-likeness (QED) is 0.616. The Labute approximate surface area is 191 Å². The van der Waals surface area contributed by atoms with Crippen molar-refractivity contribution in [3.05, 3.63) is 47.3 Å². The molecule has 3 aliphatic heterocycles. The smallest absolute Gasteiger partial charge is 0.220 e. The summed E-state index contributed by atoms with van der Waals surface area (Å²) in [4.78, 5) is 14.8. The SMILES string of the molecule is Cc1ccc(C)c(C2CC3C4NN=C(CCC(=O)NC5CCCCCC5)N4C=CN3N2)c1. The molecule has 5 rings (SSSR count). The van der Waals surface area contributed by atoms with Crippen LogP contribution in [0.4, 0.5) is 0 Å². The molecule has 1 amide bonds. The number of hydrazine groups is 1. The Morgan fingerprint density at radius 2 is 1.97 bits per heavy atom. The molecule has 7 nitrogen and oxygen atoms in total. The average Bonchev–Trinajstić information content (AvgIpc) is 3.31. The Morgan fingerprint density at radius 3 is 2.78 bits per heavy atom. The van der Waals surface area contributed by atoms with Gasteiger partial charge in [0, 0.05) is 31.3 Å². The Hall–Kier alpha value is -2.54. The summed E-state index contributed by atoms with van der Waals surface area (Å²) in [7, 11) is 0. The Balaban J connectivity index is 1.17. The van der Waals surface area contributed by atoms with E-state index in [0.29, 0.717) is 24.9 Å². The number of amidine groups is 1. The van der Waals surface area contributed by atoms with Crippen molar-refractivity contribution >= 4 is 11.7 Å². The van der Waals surface area contributed by atoms with Crippen LogP contribution in [-0.2, 0) is 4.79 Å². The lowest BCUT2D eigenvalue weighted by Gasteiger charge is -2.37. The fourth-order valence-corrected chi connectivity index (χ4v) is 5.60. The fraction of sp³-hybridized carbons (Fsp3) is 0.600. The number of rotatable bonds is 5. The van der Waals surface area contributed by atoms with Crippen molar-refractivity contribution in [3.8, 4) is 0 Å². The zero-order chi connectivity index (χ0) is 22.1. The van der Waals surface area contributed by atoms with Crippen molar-refractivity contribution in [1.29, 1.82) is 0 Å². The summed E-state index contributed by atoms with van der Waals surface area (Å²) in [5.41, 5.74) is 11.0. The number of carbonyl (C=O) groups is 1. The lowest BCUT2D eigenvalue weighted by Crippen LogP contribution is -2.54. The van der Waals surface area contributed by atoms with Gasteiger partial charge in [0.1, 0.15) is 12.0 Å². The van der Waals surface area contributed by atoms with Crippen molar-refractivity contribution in [2.45, 2.75) is 95.9 Å². The molecule has 1 saturated heterocycles. The fourth-order valence-electron chi connectivity index (χ4n) is 5.60. The number of amides is 1. The van der Waals surface area contributed by atoms with Gasteiger partial charge in [0.15, 0.2) is 0 Å². The third-order valence-electron chi connectivity index (χ3n) is 7.42. The van der Waals surface area contributed by atoms with Crippen molar-refractivity contribution < 1.29 is 4.79 Å². The third kappa shape index (κ3) is 4.35. The highest BCUT2D eigenvalue weighted by Crippen LogP contribution is 2.35. The molecule has 0 spiro atoms. The van der Waals surface area contributed by atoms with Crippen molar-refractivity contribution in [2.24, 2.45) is 5.10 Å². The van der Waals surface area contributed by atoms with Gasteiger partial charge >= 0.3 is 0 Å². The zero-order valence-electron chi connectivity index (χ0n) is 19.3. The predicted octanol–water partition coefficient (Wildman–Crippen LogP) is 3.57. The minimum Gasteiger partial charge on any atom is -0.353 e. The van der Waals surface area contributed by atoms with E-state index in [4.69, 9.17) is 0 Å². The van der Waals surface area contributed by atoms with Gasteiger partial charge in [-0.1, -0.05) is 49.4 Å². The molecule has 7 heteroatoms. The first-order valence-electron chi connectivity index (χ1n) is 12.3. The van der Waals surface area contributed by atoms with E-state index in [1.165, 1.54) is 42.4 Å². The molecule has 4 aliphatic rings. The summed E-state index contributed by atoms with van der Waals surface area (Å²) < 4.78 is 0. The third-order valence-corrected chi connectivity index (χ3v) is 7.42. The largest absolute Gasteiger partial charge is 0.353 e. The van der Waals surface area contributed by atoms with Crippen LogP contribution in [-0.4, -0.2) is 39.9 Å². The van der Waals surface area contributed by atoms with Crippen LogP contribution in [0.25, 0.3) is 0 Å². The van der Waals surface area contributed by atoms with E-state index in [9.17, 15) is 4.79 Å². The van der Waals surface area contributed by atoms with Gasteiger partial charge in [-0.25, -0.2) is 5.43 Å². The number of aryl methyl sites for hydroxylation is 2. The topological polar surface area (TPSA) is 72.0 Å². The highest BCUT2D eigenvalue weighted by molar-refractivity contribution is 5.89. The second kappa shape index (κ2) is 9.14. The summed E-state index contributed by atoms with van der Waals surface area (Å²) in [6.07, 6.45) is 13.8. The molecule has 0 bridgehead atoms. The molecule has 1 aliphatic carbocycles. The minimum atomic E-state index is 0.0996. The van der Waals surface area contributed by atoms with Crippen LogP contribution in [0.1, 0.15) is 80.5 Å². The van der Waals surface area contributed by atoms with E-state index < -0.39 is 0 Å². The first-order valence-corrected chi connectivity index (χ1v) is 12.3. The summed E-state index contributed by atoms with van der Waals surface area (Å²) >= 11 is 0. The molecule has 0 radical (unpaired) electrons. The van der Waals surface area contributed by atoms with Gasteiger partial charge in [0.2, 0.25) is 5.91 Å². The number of nitrogens with zero attached hydrogens (tertiary/aromatic N) is 3. The van der Waals surface area contributed by atoms with E-state index in [-0.39, 0.29) is 18.1 Å². The Kier molecular flexibility index (Phi) is 6.09. The first-order chi connectivity index (χ1) is 15.6. The average molecular weight is 437 g/mol. The van der Waals surface area contributed by atoms with Crippen LogP contribution >= 0.6 is 0 Å². The summed E-state index contributed by atoms with van der Waals surface area (Å²) in [6.45, 7) is 4.34. The predicted molar refractivity (Wildman–Crippen MR) is 126 cm³/mol. The first kappa shape index (κ1) is 21.3. The molecule has 2 fully saturated rings. The summed E-state index contributed by atoms with van der Waals surface area (Å²) in [5.74, 6) is 1.11. The molecule has 3 unspecified atom stereocenters. The highest BCUT2D eigenvalue weighted by Gasteiger charge is 2.44. The van der Waals surface area contributed by atoms with Crippen molar-refractivity contribution in [2.75, 3.05) is 0 Å². The lowest BCUT2D eigenvalue weighted by molar-refractivity contribution is -0.121. The van der Waals surface area contributed by atoms with Crippen LogP contribution in [0.15, 0.2) is 35.7 Å². The maximum Gasteiger partial charge on any atom is 0.220 e. The second-order valence-corrected chi connectivity index (χ2v) is 9.82. The van der Waals surface area contributed by atoms with E-state index in [0.717, 1.165) is 25.1 Å². The molecule has 1 aromatic rings. The number of nitrogens with one attached hydrogen (secondary N) is 3. The monoisotopic (exact) mass is 436 g/mol. The minimum absolute atomic E-state index is 0.0996. The van der Waals surface area contributed by atoms with Crippen molar-refractivity contribution in [3.63, 3.8) is 0 Å². The highest BCUT2D eigenvalue weighted by atomic mass is 16.1. The van der Waals surface area contributed by atoms with Crippen LogP contribution < -0.4 is 16.2 Å².